The quantitative estimate of drug-likeness (QED) is 0.162. The van der Waals surface area contributed by atoms with Gasteiger partial charge in [0.2, 0.25) is 0 Å². The van der Waals surface area contributed by atoms with Gasteiger partial charge in [0.15, 0.2) is 0 Å². The number of hydrogen-bond acceptors (Lipinski definition) is 1. The number of aromatic nitrogens is 2. The van der Waals surface area contributed by atoms with E-state index >= 15 is 0 Å². The molecule has 0 saturated carbocycles. The van der Waals surface area contributed by atoms with Crippen LogP contribution in [0.3, 0.4) is 0 Å². The number of rotatable bonds is 4. The average molecular weight is 811 g/mol. The van der Waals surface area contributed by atoms with E-state index in [1.807, 2.05) is 0 Å². The summed E-state index contributed by atoms with van der Waals surface area (Å²) in [5.74, 6) is 0. The van der Waals surface area contributed by atoms with Gasteiger partial charge in [0.25, 0.3) is 0 Å². The second-order valence-electron chi connectivity index (χ2n) is 17.4. The molecule has 64 heavy (non-hydrogen) atoms. The summed E-state index contributed by atoms with van der Waals surface area (Å²) in [6, 6.07) is 84.9. The van der Waals surface area contributed by atoms with Gasteiger partial charge < -0.3 is 4.57 Å². The molecule has 0 radical (unpaired) electrons. The number of fused-ring (bicyclic) bond motifs is 17. The Bertz CT molecular complexity index is 3810. The Kier molecular flexibility index (Phi) is 7.35. The van der Waals surface area contributed by atoms with Crippen molar-refractivity contribution < 1.29 is 0 Å². The Morgan fingerprint density at radius 1 is 0.312 bits per heavy atom. The highest BCUT2D eigenvalue weighted by molar-refractivity contribution is 6.29. The van der Waals surface area contributed by atoms with Crippen LogP contribution in [0.5, 0.6) is 0 Å². The molecule has 0 fully saturated rings. The topological polar surface area (TPSA) is 17.8 Å². The van der Waals surface area contributed by atoms with E-state index in [2.05, 4.69) is 235 Å². The molecule has 0 amide bonds. The van der Waals surface area contributed by atoms with E-state index < -0.39 is 0 Å². The molecule has 12 aromatic rings. The smallest absolute Gasteiger partial charge is 0.0788 e. The predicted molar refractivity (Wildman–Crippen MR) is 266 cm³/mol. The minimum absolute atomic E-state index is 0.363. The van der Waals surface area contributed by atoms with Gasteiger partial charge in [-0.25, -0.2) is 4.98 Å². The monoisotopic (exact) mass is 810 g/mol. The Hall–Kier alpha value is -8.33. The first kappa shape index (κ1) is 35.3. The third kappa shape index (κ3) is 4.77. The normalized spacial score (nSPS) is 13.1. The zero-order valence-electron chi connectivity index (χ0n) is 34.8. The van der Waals surface area contributed by atoms with Crippen molar-refractivity contribution in [3.8, 4) is 61.5 Å². The van der Waals surface area contributed by atoms with Gasteiger partial charge in [-0.1, -0.05) is 194 Å². The van der Waals surface area contributed by atoms with Gasteiger partial charge >= 0.3 is 0 Å². The van der Waals surface area contributed by atoms with E-state index in [-0.39, 0.29) is 5.41 Å². The van der Waals surface area contributed by atoms with Crippen LogP contribution in [0.2, 0.25) is 0 Å². The summed E-state index contributed by atoms with van der Waals surface area (Å²) >= 11 is 0. The highest BCUT2D eigenvalue weighted by atomic mass is 15.0. The number of nitrogens with zero attached hydrogens (tertiary/aromatic N) is 2. The van der Waals surface area contributed by atoms with Crippen molar-refractivity contribution in [1.82, 2.24) is 9.55 Å². The van der Waals surface area contributed by atoms with Gasteiger partial charge in [-0.3, -0.25) is 0 Å². The summed E-state index contributed by atoms with van der Waals surface area (Å²) in [5, 5.41) is 6.03. The summed E-state index contributed by atoms with van der Waals surface area (Å²) in [6.07, 6.45) is 0. The Balaban J connectivity index is 0.924. The largest absolute Gasteiger partial charge is 0.309 e. The number of hydrogen-bond donors (Lipinski definition) is 0. The molecule has 2 aromatic heterocycles. The van der Waals surface area contributed by atoms with E-state index in [0.717, 1.165) is 44.4 Å². The van der Waals surface area contributed by atoms with Crippen LogP contribution in [-0.2, 0) is 5.41 Å². The van der Waals surface area contributed by atoms with E-state index in [0.29, 0.717) is 0 Å². The van der Waals surface area contributed by atoms with Crippen molar-refractivity contribution in [3.05, 3.63) is 253 Å². The van der Waals surface area contributed by atoms with E-state index in [1.54, 1.807) is 0 Å². The summed E-state index contributed by atoms with van der Waals surface area (Å²) in [7, 11) is 0. The molecule has 2 aliphatic carbocycles. The molecule has 0 bridgehead atoms. The molecule has 1 spiro atoms. The molecule has 14 rings (SSSR count). The summed E-state index contributed by atoms with van der Waals surface area (Å²) in [4.78, 5) is 5.49. The lowest BCUT2D eigenvalue weighted by Crippen LogP contribution is -2.25. The van der Waals surface area contributed by atoms with E-state index in [9.17, 15) is 0 Å². The fourth-order valence-corrected chi connectivity index (χ4v) is 11.5. The molecule has 0 unspecified atom stereocenters. The van der Waals surface area contributed by atoms with Gasteiger partial charge in [0, 0.05) is 38.2 Å². The van der Waals surface area contributed by atoms with Crippen molar-refractivity contribution in [1.29, 1.82) is 0 Å². The maximum atomic E-state index is 5.49. The maximum absolute atomic E-state index is 5.49. The zero-order valence-corrected chi connectivity index (χ0v) is 34.8. The predicted octanol–water partition coefficient (Wildman–Crippen LogP) is 15.8. The van der Waals surface area contributed by atoms with Crippen molar-refractivity contribution in [2.75, 3.05) is 0 Å². The van der Waals surface area contributed by atoms with Crippen LogP contribution in [-0.4, -0.2) is 9.55 Å². The van der Waals surface area contributed by atoms with Crippen LogP contribution in [0.15, 0.2) is 231 Å². The third-order valence-electron chi connectivity index (χ3n) is 14.2. The Morgan fingerprint density at radius 2 is 0.828 bits per heavy atom. The maximum Gasteiger partial charge on any atom is 0.0788 e. The van der Waals surface area contributed by atoms with Gasteiger partial charge in [0.05, 0.1) is 27.7 Å². The highest BCUT2D eigenvalue weighted by Gasteiger charge is 2.51. The first-order valence-electron chi connectivity index (χ1n) is 22.2. The standard InChI is InChI=1S/C62H38N2/c1-3-15-41(16-4-1)61-51-35-36-58-60(50-22-10-14-26-57(50)64(58)44-17-5-2-6-18-44)59(51)49-34-32-43(38-56(49)63-61)40-29-27-39(28-30-40)42-31-33-48-47-21-9-13-25-54(47)62(55(48)37-42)52-23-11-7-19-45(52)46-20-8-12-24-53(46)62/h1-38H. The minimum atomic E-state index is -0.363. The molecule has 296 valence electrons. The molecule has 2 heterocycles. The Morgan fingerprint density at radius 3 is 1.50 bits per heavy atom. The van der Waals surface area contributed by atoms with Crippen molar-refractivity contribution in [2.45, 2.75) is 5.41 Å². The number of benzene rings is 10. The lowest BCUT2D eigenvalue weighted by molar-refractivity contribution is 0.794. The van der Waals surface area contributed by atoms with Crippen LogP contribution in [0.25, 0.3) is 105 Å². The van der Waals surface area contributed by atoms with Crippen molar-refractivity contribution in [2.24, 2.45) is 0 Å². The summed E-state index contributed by atoms with van der Waals surface area (Å²) in [5.41, 5.74) is 21.7. The fraction of sp³-hybridized carbons (Fsp3) is 0.0161. The molecule has 0 N–H and O–H groups in total. The van der Waals surface area contributed by atoms with Gasteiger partial charge in [-0.05, 0) is 103 Å². The molecule has 0 saturated heterocycles. The van der Waals surface area contributed by atoms with E-state index in [1.165, 1.54) is 82.8 Å². The molecule has 2 aliphatic rings. The van der Waals surface area contributed by atoms with Gasteiger partial charge in [0.1, 0.15) is 0 Å². The van der Waals surface area contributed by atoms with Crippen LogP contribution in [0.4, 0.5) is 0 Å². The second-order valence-corrected chi connectivity index (χ2v) is 17.4. The molecule has 2 heteroatoms. The number of pyridine rings is 1. The molecular weight excluding hydrogens is 773 g/mol. The Labute approximate surface area is 371 Å². The van der Waals surface area contributed by atoms with Crippen molar-refractivity contribution in [3.63, 3.8) is 0 Å². The fourth-order valence-electron chi connectivity index (χ4n) is 11.5. The molecule has 0 atom stereocenters. The average Bonchev–Trinajstić information content (AvgIpc) is 3.98. The van der Waals surface area contributed by atoms with E-state index in [4.69, 9.17) is 4.98 Å². The lowest BCUT2D eigenvalue weighted by Gasteiger charge is -2.30. The van der Waals surface area contributed by atoms with Crippen LogP contribution in [0, 0.1) is 0 Å². The lowest BCUT2D eigenvalue weighted by atomic mass is 9.70. The van der Waals surface area contributed by atoms with Crippen LogP contribution < -0.4 is 0 Å². The molecule has 2 nitrogen and oxygen atoms in total. The highest BCUT2D eigenvalue weighted by Crippen LogP contribution is 2.63. The first-order valence-corrected chi connectivity index (χ1v) is 22.2. The molecular formula is C62H38N2. The van der Waals surface area contributed by atoms with Crippen LogP contribution in [0.1, 0.15) is 22.3 Å². The third-order valence-corrected chi connectivity index (χ3v) is 14.2. The number of para-hydroxylation sites is 2. The van der Waals surface area contributed by atoms with Crippen molar-refractivity contribution >= 4 is 43.5 Å². The van der Waals surface area contributed by atoms with Gasteiger partial charge in [-0.2, -0.15) is 0 Å². The first-order chi connectivity index (χ1) is 31.8. The second kappa shape index (κ2) is 13.3. The zero-order chi connectivity index (χ0) is 41.9. The van der Waals surface area contributed by atoms with Gasteiger partial charge in [-0.15, -0.1) is 0 Å². The minimum Gasteiger partial charge on any atom is -0.309 e. The SMILES string of the molecule is c1ccc(-c2nc3cc(-c4ccc(-c5ccc6c(c5)C5(c7ccccc7-c7ccccc75)c5ccccc5-6)cc4)ccc3c3c2ccc2c3c3ccccc3n2-c2ccccc2)cc1. The molecule has 0 aliphatic heterocycles. The van der Waals surface area contributed by atoms with Crippen LogP contribution >= 0.6 is 0 Å². The summed E-state index contributed by atoms with van der Waals surface area (Å²) in [6.45, 7) is 0. The molecule has 10 aromatic carbocycles. The summed E-state index contributed by atoms with van der Waals surface area (Å²) < 4.78 is 2.40.